The zero-order valence-corrected chi connectivity index (χ0v) is 11.6. The standard InChI is InChI=1S/C12H14ClN3O4/c1-2-5-14-11(17)7-15-12(18)8-3-4-10(16(19)20)9(13)6-8/h3-4,6H,2,5,7H2,1H3,(H,14,17)(H,15,18). The third kappa shape index (κ3) is 4.51. The zero-order valence-electron chi connectivity index (χ0n) is 10.8. The molecule has 2 amide bonds. The molecule has 1 rings (SSSR count). The van der Waals surface area contributed by atoms with E-state index in [-0.39, 0.29) is 28.7 Å². The van der Waals surface area contributed by atoms with Gasteiger partial charge in [0.15, 0.2) is 0 Å². The molecule has 108 valence electrons. The van der Waals surface area contributed by atoms with Crippen LogP contribution in [0.25, 0.3) is 0 Å². The van der Waals surface area contributed by atoms with Crippen molar-refractivity contribution in [1.29, 1.82) is 0 Å². The Morgan fingerprint density at radius 3 is 2.60 bits per heavy atom. The quantitative estimate of drug-likeness (QED) is 0.614. The van der Waals surface area contributed by atoms with Crippen molar-refractivity contribution < 1.29 is 14.5 Å². The van der Waals surface area contributed by atoms with Gasteiger partial charge >= 0.3 is 0 Å². The van der Waals surface area contributed by atoms with Crippen LogP contribution in [0.3, 0.4) is 0 Å². The van der Waals surface area contributed by atoms with Crippen molar-refractivity contribution in [2.24, 2.45) is 0 Å². The molecule has 0 heterocycles. The summed E-state index contributed by atoms with van der Waals surface area (Å²) in [6.07, 6.45) is 0.803. The molecule has 7 nitrogen and oxygen atoms in total. The Morgan fingerprint density at radius 1 is 1.35 bits per heavy atom. The molecule has 0 aliphatic rings. The maximum atomic E-state index is 11.7. The van der Waals surface area contributed by atoms with Crippen LogP contribution < -0.4 is 10.6 Å². The fourth-order valence-corrected chi connectivity index (χ4v) is 1.64. The summed E-state index contributed by atoms with van der Waals surface area (Å²) in [7, 11) is 0. The van der Waals surface area contributed by atoms with Crippen LogP contribution in [0.5, 0.6) is 0 Å². The molecule has 0 atom stereocenters. The number of nitrogens with one attached hydrogen (secondary N) is 2. The largest absolute Gasteiger partial charge is 0.355 e. The van der Waals surface area contributed by atoms with Gasteiger partial charge < -0.3 is 10.6 Å². The Labute approximate surface area is 120 Å². The van der Waals surface area contributed by atoms with Crippen molar-refractivity contribution in [2.75, 3.05) is 13.1 Å². The maximum Gasteiger partial charge on any atom is 0.287 e. The number of hydrogen-bond donors (Lipinski definition) is 2. The highest BCUT2D eigenvalue weighted by molar-refractivity contribution is 6.33. The molecule has 0 bridgehead atoms. The minimum atomic E-state index is -0.637. The van der Waals surface area contributed by atoms with Gasteiger partial charge in [0.2, 0.25) is 5.91 Å². The second-order valence-electron chi connectivity index (χ2n) is 3.96. The van der Waals surface area contributed by atoms with Crippen LogP contribution in [-0.4, -0.2) is 29.8 Å². The van der Waals surface area contributed by atoms with E-state index in [9.17, 15) is 19.7 Å². The molecule has 0 unspecified atom stereocenters. The first-order valence-electron chi connectivity index (χ1n) is 5.94. The van der Waals surface area contributed by atoms with Gasteiger partial charge in [-0.2, -0.15) is 0 Å². The summed E-state index contributed by atoms with van der Waals surface area (Å²) in [5.74, 6) is -0.818. The Balaban J connectivity index is 2.62. The molecule has 0 spiro atoms. The minimum absolute atomic E-state index is 0.127. The monoisotopic (exact) mass is 299 g/mol. The molecule has 20 heavy (non-hydrogen) atoms. The van der Waals surface area contributed by atoms with Gasteiger partial charge in [-0.3, -0.25) is 19.7 Å². The van der Waals surface area contributed by atoms with Gasteiger partial charge in [0.05, 0.1) is 11.5 Å². The highest BCUT2D eigenvalue weighted by Gasteiger charge is 2.15. The summed E-state index contributed by atoms with van der Waals surface area (Å²) in [4.78, 5) is 33.0. The number of amides is 2. The van der Waals surface area contributed by atoms with Crippen molar-refractivity contribution in [3.05, 3.63) is 38.9 Å². The van der Waals surface area contributed by atoms with Crippen LogP contribution in [0.15, 0.2) is 18.2 Å². The van der Waals surface area contributed by atoms with E-state index in [1.54, 1.807) is 0 Å². The van der Waals surface area contributed by atoms with Crippen molar-refractivity contribution in [2.45, 2.75) is 13.3 Å². The first-order valence-corrected chi connectivity index (χ1v) is 6.32. The van der Waals surface area contributed by atoms with Crippen molar-refractivity contribution in [1.82, 2.24) is 10.6 Å². The van der Waals surface area contributed by atoms with Gasteiger partial charge in [-0.15, -0.1) is 0 Å². The number of nitro benzene ring substituents is 1. The summed E-state index contributed by atoms with van der Waals surface area (Å²) >= 11 is 5.70. The lowest BCUT2D eigenvalue weighted by molar-refractivity contribution is -0.384. The molecule has 0 saturated carbocycles. The van der Waals surface area contributed by atoms with Crippen LogP contribution in [0.2, 0.25) is 5.02 Å². The SMILES string of the molecule is CCCNC(=O)CNC(=O)c1ccc([N+](=O)[O-])c(Cl)c1. The average Bonchev–Trinajstić information content (AvgIpc) is 2.41. The Bertz CT molecular complexity index is 533. The summed E-state index contributed by atoms with van der Waals surface area (Å²) in [6.45, 7) is 2.29. The Morgan fingerprint density at radius 2 is 2.05 bits per heavy atom. The Kier molecular flexibility index (Phi) is 5.92. The number of halogens is 1. The second-order valence-corrected chi connectivity index (χ2v) is 4.36. The van der Waals surface area contributed by atoms with Crippen LogP contribution in [0.1, 0.15) is 23.7 Å². The number of nitro groups is 1. The van der Waals surface area contributed by atoms with Gasteiger partial charge in [-0.05, 0) is 18.6 Å². The fraction of sp³-hybridized carbons (Fsp3) is 0.333. The number of carbonyl (C=O) groups is 2. The summed E-state index contributed by atoms with van der Waals surface area (Å²) < 4.78 is 0. The first kappa shape index (κ1) is 15.9. The lowest BCUT2D eigenvalue weighted by atomic mass is 10.2. The van der Waals surface area contributed by atoms with Crippen LogP contribution in [0.4, 0.5) is 5.69 Å². The molecule has 2 N–H and O–H groups in total. The molecule has 8 heteroatoms. The molecular formula is C12H14ClN3O4. The van der Waals surface area contributed by atoms with Gasteiger partial charge in [0.1, 0.15) is 5.02 Å². The second kappa shape index (κ2) is 7.44. The number of rotatable bonds is 6. The molecular weight excluding hydrogens is 286 g/mol. The normalized spacial score (nSPS) is 9.90. The lowest BCUT2D eigenvalue weighted by Crippen LogP contribution is -2.37. The molecule has 0 aromatic heterocycles. The third-order valence-corrected chi connectivity index (χ3v) is 2.69. The van der Waals surface area contributed by atoms with E-state index >= 15 is 0 Å². The molecule has 0 saturated heterocycles. The van der Waals surface area contributed by atoms with Gasteiger partial charge in [0, 0.05) is 18.2 Å². The summed E-state index contributed by atoms with van der Waals surface area (Å²) in [5.41, 5.74) is -0.118. The van der Waals surface area contributed by atoms with E-state index in [0.717, 1.165) is 12.5 Å². The number of benzene rings is 1. The summed E-state index contributed by atoms with van der Waals surface area (Å²) in [5, 5.41) is 15.5. The molecule has 1 aromatic carbocycles. The maximum absolute atomic E-state index is 11.7. The third-order valence-electron chi connectivity index (χ3n) is 2.39. The number of nitrogens with zero attached hydrogens (tertiary/aromatic N) is 1. The van der Waals surface area contributed by atoms with Crippen LogP contribution >= 0.6 is 11.6 Å². The van der Waals surface area contributed by atoms with Crippen LogP contribution in [0, 0.1) is 10.1 Å². The van der Waals surface area contributed by atoms with Gasteiger partial charge in [0.25, 0.3) is 11.6 Å². The van der Waals surface area contributed by atoms with Gasteiger partial charge in [-0.1, -0.05) is 18.5 Å². The molecule has 0 radical (unpaired) electrons. The highest BCUT2D eigenvalue weighted by Crippen LogP contribution is 2.24. The van der Waals surface area contributed by atoms with Crippen molar-refractivity contribution in [3.63, 3.8) is 0 Å². The van der Waals surface area contributed by atoms with Crippen molar-refractivity contribution >= 4 is 29.1 Å². The van der Waals surface area contributed by atoms with E-state index in [1.165, 1.54) is 12.1 Å². The molecule has 1 aromatic rings. The van der Waals surface area contributed by atoms with E-state index in [2.05, 4.69) is 10.6 Å². The number of hydrogen-bond acceptors (Lipinski definition) is 4. The van der Waals surface area contributed by atoms with E-state index < -0.39 is 10.8 Å². The highest BCUT2D eigenvalue weighted by atomic mass is 35.5. The predicted octanol–water partition coefficient (Wildman–Crippen LogP) is 1.50. The molecule has 0 fully saturated rings. The fourth-order valence-electron chi connectivity index (χ4n) is 1.39. The zero-order chi connectivity index (χ0) is 15.1. The average molecular weight is 300 g/mol. The predicted molar refractivity (Wildman–Crippen MR) is 73.7 cm³/mol. The molecule has 0 aliphatic carbocycles. The lowest BCUT2D eigenvalue weighted by Gasteiger charge is -2.06. The van der Waals surface area contributed by atoms with E-state index in [0.29, 0.717) is 6.54 Å². The van der Waals surface area contributed by atoms with E-state index in [4.69, 9.17) is 11.6 Å². The first-order chi connectivity index (χ1) is 9.45. The smallest absolute Gasteiger partial charge is 0.287 e. The summed E-state index contributed by atoms with van der Waals surface area (Å²) in [6, 6.07) is 3.62. The number of carbonyl (C=O) groups excluding carboxylic acids is 2. The molecule has 0 aliphatic heterocycles. The topological polar surface area (TPSA) is 101 Å². The van der Waals surface area contributed by atoms with Crippen molar-refractivity contribution in [3.8, 4) is 0 Å². The van der Waals surface area contributed by atoms with Crippen LogP contribution in [-0.2, 0) is 4.79 Å². The minimum Gasteiger partial charge on any atom is -0.355 e. The van der Waals surface area contributed by atoms with E-state index in [1.807, 2.05) is 6.92 Å². The van der Waals surface area contributed by atoms with Gasteiger partial charge in [-0.25, -0.2) is 0 Å². The Hall–Kier alpha value is -2.15.